The number of benzene rings is 1. The van der Waals surface area contributed by atoms with Crippen molar-refractivity contribution in [2.75, 3.05) is 0 Å². The second-order valence-electron chi connectivity index (χ2n) is 2.51. The molecule has 0 saturated carbocycles. The molecule has 1 heterocycles. The summed E-state index contributed by atoms with van der Waals surface area (Å²) in [5.41, 5.74) is 0.704. The van der Waals surface area contributed by atoms with Gasteiger partial charge in [0.1, 0.15) is 0 Å². The van der Waals surface area contributed by atoms with Crippen molar-refractivity contribution in [3.05, 3.63) is 42.2 Å². The molecule has 2 rings (SSSR count). The van der Waals surface area contributed by atoms with Crippen LogP contribution in [0.15, 0.2) is 36.7 Å². The molecule has 1 aromatic heterocycles. The van der Waals surface area contributed by atoms with E-state index in [-0.39, 0.29) is 1.43 Å². The van der Waals surface area contributed by atoms with E-state index in [4.69, 9.17) is 5.26 Å². The van der Waals surface area contributed by atoms with Gasteiger partial charge in [-0.2, -0.15) is 5.26 Å². The van der Waals surface area contributed by atoms with Crippen LogP contribution >= 0.6 is 0 Å². The zero-order valence-corrected chi connectivity index (χ0v) is 6.36. The van der Waals surface area contributed by atoms with Crippen LogP contribution < -0.4 is 0 Å². The van der Waals surface area contributed by atoms with Crippen LogP contribution in [0.25, 0.3) is 10.8 Å². The first-order valence-corrected chi connectivity index (χ1v) is 3.64. The predicted octanol–water partition coefficient (Wildman–Crippen LogP) is 2.22. The Hall–Kier alpha value is -1.88. The minimum Gasteiger partial charge on any atom is -0.264 e. The lowest BCUT2D eigenvalue weighted by atomic mass is 10.1. The van der Waals surface area contributed by atoms with Gasteiger partial charge in [0, 0.05) is 23.2 Å². The molecule has 0 aliphatic rings. The van der Waals surface area contributed by atoms with Gasteiger partial charge in [-0.05, 0) is 12.1 Å². The first kappa shape index (κ1) is 6.81. The van der Waals surface area contributed by atoms with Gasteiger partial charge in [0.2, 0.25) is 0 Å². The summed E-state index contributed by atoms with van der Waals surface area (Å²) in [7, 11) is 0. The van der Waals surface area contributed by atoms with Gasteiger partial charge >= 0.3 is 1.43 Å². The van der Waals surface area contributed by atoms with Gasteiger partial charge in [0.15, 0.2) is 0 Å². The summed E-state index contributed by atoms with van der Waals surface area (Å²) in [5.74, 6) is 0. The number of nitriles is 1. The van der Waals surface area contributed by atoms with Gasteiger partial charge in [-0.15, -0.1) is 0 Å². The van der Waals surface area contributed by atoms with Crippen LogP contribution in [0.1, 0.15) is 6.99 Å². The Morgan fingerprint density at radius 1 is 1.33 bits per heavy atom. The van der Waals surface area contributed by atoms with Crippen molar-refractivity contribution >= 4 is 10.8 Å². The molecule has 0 spiro atoms. The van der Waals surface area contributed by atoms with E-state index in [9.17, 15) is 0 Å². The average Bonchev–Trinajstić information content (AvgIpc) is 2.17. The largest absolute Gasteiger partial charge is 1.00 e. The van der Waals surface area contributed by atoms with Gasteiger partial charge in [0.05, 0.1) is 11.6 Å². The molecule has 0 unspecified atom stereocenters. The molecule has 2 heteroatoms. The SMILES string of the molecule is N#Cc1cccc2cnccc12.[H+]. The number of aromatic nitrogens is 1. The maximum absolute atomic E-state index is 8.77. The molecule has 0 fully saturated rings. The summed E-state index contributed by atoms with van der Waals surface area (Å²) in [6.07, 6.45) is 3.46. The standard InChI is InChI=1S/C10H6N2/c11-6-8-2-1-3-9-7-12-5-4-10(8)9/h1-5,7H/p+1. The summed E-state index contributed by atoms with van der Waals surface area (Å²) in [6.45, 7) is 0. The van der Waals surface area contributed by atoms with Gasteiger partial charge in [0.25, 0.3) is 0 Å². The fourth-order valence-corrected chi connectivity index (χ4v) is 1.22. The van der Waals surface area contributed by atoms with E-state index in [1.54, 1.807) is 12.4 Å². The van der Waals surface area contributed by atoms with E-state index < -0.39 is 0 Å². The highest BCUT2D eigenvalue weighted by Crippen LogP contribution is 2.15. The molecule has 2 aromatic rings. The van der Waals surface area contributed by atoms with Crippen LogP contribution in [-0.4, -0.2) is 4.98 Å². The number of hydrogen-bond acceptors (Lipinski definition) is 2. The highest BCUT2D eigenvalue weighted by molar-refractivity contribution is 5.86. The zero-order chi connectivity index (χ0) is 8.39. The third-order valence-electron chi connectivity index (χ3n) is 1.80. The average molecular weight is 155 g/mol. The molecule has 1 aromatic carbocycles. The van der Waals surface area contributed by atoms with Gasteiger partial charge < -0.3 is 0 Å². The van der Waals surface area contributed by atoms with Crippen molar-refractivity contribution in [1.82, 2.24) is 4.98 Å². The number of rotatable bonds is 0. The normalized spacial score (nSPS) is 9.58. The van der Waals surface area contributed by atoms with Gasteiger partial charge in [-0.3, -0.25) is 4.98 Å². The van der Waals surface area contributed by atoms with E-state index in [0.29, 0.717) is 5.56 Å². The first-order valence-electron chi connectivity index (χ1n) is 3.64. The summed E-state index contributed by atoms with van der Waals surface area (Å²) in [6, 6.07) is 9.62. The Labute approximate surface area is 71.6 Å². The van der Waals surface area contributed by atoms with Crippen LogP contribution in [0, 0.1) is 11.3 Å². The van der Waals surface area contributed by atoms with Gasteiger partial charge in [-0.25, -0.2) is 0 Å². The Balaban J connectivity index is 0.000000845. The van der Waals surface area contributed by atoms with Crippen LogP contribution in [0.2, 0.25) is 0 Å². The van der Waals surface area contributed by atoms with Crippen molar-refractivity contribution in [2.24, 2.45) is 0 Å². The first-order chi connectivity index (χ1) is 5.92. The quantitative estimate of drug-likeness (QED) is 0.584. The van der Waals surface area contributed by atoms with E-state index >= 15 is 0 Å². The molecule has 0 saturated heterocycles. The minimum absolute atomic E-state index is 0. The van der Waals surface area contributed by atoms with Crippen LogP contribution in [-0.2, 0) is 0 Å². The number of hydrogen-bond donors (Lipinski definition) is 0. The third kappa shape index (κ3) is 0.923. The van der Waals surface area contributed by atoms with E-state index in [2.05, 4.69) is 11.1 Å². The molecule has 56 valence electrons. The van der Waals surface area contributed by atoms with E-state index in [0.717, 1.165) is 10.8 Å². The lowest BCUT2D eigenvalue weighted by Crippen LogP contribution is -1.79. The van der Waals surface area contributed by atoms with Crippen molar-refractivity contribution < 1.29 is 1.43 Å². The summed E-state index contributed by atoms with van der Waals surface area (Å²) < 4.78 is 0. The maximum Gasteiger partial charge on any atom is 1.00 e. The second kappa shape index (κ2) is 2.63. The molecule has 0 N–H and O–H groups in total. The molecular formula is C10H7N2+. The third-order valence-corrected chi connectivity index (χ3v) is 1.80. The highest BCUT2D eigenvalue weighted by atomic mass is 14.6. The number of fused-ring (bicyclic) bond motifs is 1. The van der Waals surface area contributed by atoms with Crippen molar-refractivity contribution in [3.63, 3.8) is 0 Å². The van der Waals surface area contributed by atoms with E-state index in [1.807, 2.05) is 24.3 Å². The van der Waals surface area contributed by atoms with Crippen LogP contribution in [0.5, 0.6) is 0 Å². The van der Waals surface area contributed by atoms with Crippen LogP contribution in [0.4, 0.5) is 0 Å². The Morgan fingerprint density at radius 2 is 2.25 bits per heavy atom. The lowest BCUT2D eigenvalue weighted by Gasteiger charge is -1.96. The Morgan fingerprint density at radius 3 is 3.08 bits per heavy atom. The zero-order valence-electron chi connectivity index (χ0n) is 7.36. The molecule has 0 bridgehead atoms. The topological polar surface area (TPSA) is 36.7 Å². The predicted molar refractivity (Wildman–Crippen MR) is 47.6 cm³/mol. The summed E-state index contributed by atoms with van der Waals surface area (Å²) in [4.78, 5) is 3.98. The molecule has 2 nitrogen and oxygen atoms in total. The van der Waals surface area contributed by atoms with Crippen molar-refractivity contribution in [2.45, 2.75) is 0 Å². The number of nitrogens with zero attached hydrogens (tertiary/aromatic N) is 2. The highest BCUT2D eigenvalue weighted by Gasteiger charge is 1.96. The maximum atomic E-state index is 8.77. The Bertz CT molecular complexity index is 454. The van der Waals surface area contributed by atoms with Crippen molar-refractivity contribution in [3.8, 4) is 6.07 Å². The molecule has 0 radical (unpaired) electrons. The summed E-state index contributed by atoms with van der Waals surface area (Å²) >= 11 is 0. The van der Waals surface area contributed by atoms with E-state index in [1.165, 1.54) is 0 Å². The Kier molecular flexibility index (Phi) is 1.49. The molecule has 0 amide bonds. The monoisotopic (exact) mass is 155 g/mol. The minimum atomic E-state index is 0. The molecular weight excluding hydrogens is 148 g/mol. The molecule has 0 aliphatic heterocycles. The molecule has 12 heavy (non-hydrogen) atoms. The number of pyridine rings is 1. The van der Waals surface area contributed by atoms with Crippen LogP contribution in [0.3, 0.4) is 0 Å². The lowest BCUT2D eigenvalue weighted by molar-refractivity contribution is 1.36. The summed E-state index contributed by atoms with van der Waals surface area (Å²) in [5, 5.41) is 10.7. The van der Waals surface area contributed by atoms with Gasteiger partial charge in [-0.1, -0.05) is 12.1 Å². The molecule has 0 atom stereocenters. The van der Waals surface area contributed by atoms with Crippen molar-refractivity contribution in [1.29, 1.82) is 5.26 Å². The molecule has 0 aliphatic carbocycles. The smallest absolute Gasteiger partial charge is 0.264 e. The fourth-order valence-electron chi connectivity index (χ4n) is 1.22. The fraction of sp³-hybridized carbons (Fsp3) is 0. The second-order valence-corrected chi connectivity index (χ2v) is 2.51.